The van der Waals surface area contributed by atoms with Crippen LogP contribution in [0.15, 0.2) is 46.9 Å². The van der Waals surface area contributed by atoms with Gasteiger partial charge in [-0.1, -0.05) is 28.1 Å². The maximum Gasteiger partial charge on any atom is 0.169 e. The van der Waals surface area contributed by atoms with E-state index in [2.05, 4.69) is 15.9 Å². The zero-order chi connectivity index (χ0) is 13.0. The molecule has 0 heterocycles. The molecule has 0 bridgehead atoms. The van der Waals surface area contributed by atoms with E-state index in [1.165, 1.54) is 0 Å². The Morgan fingerprint density at radius 2 is 1.78 bits per heavy atom. The van der Waals surface area contributed by atoms with E-state index in [1.807, 2.05) is 42.5 Å². The molecular weight excluding hydrogens is 294 g/mol. The Morgan fingerprint density at radius 3 is 2.44 bits per heavy atom. The molecule has 0 unspecified atom stereocenters. The molecule has 0 amide bonds. The van der Waals surface area contributed by atoms with Crippen LogP contribution in [0.5, 0.6) is 17.2 Å². The van der Waals surface area contributed by atoms with Gasteiger partial charge in [-0.3, -0.25) is 0 Å². The number of hydrogen-bond acceptors (Lipinski definition) is 3. The summed E-state index contributed by atoms with van der Waals surface area (Å²) in [6, 6.07) is 13.3. The van der Waals surface area contributed by atoms with Gasteiger partial charge in [0.05, 0.1) is 7.11 Å². The van der Waals surface area contributed by atoms with E-state index in [0.29, 0.717) is 18.0 Å². The predicted octanol–water partition coefficient (Wildman–Crippen LogP) is 3.71. The molecule has 0 spiro atoms. The molecule has 0 aliphatic rings. The molecule has 0 fully saturated rings. The summed E-state index contributed by atoms with van der Waals surface area (Å²) in [5.74, 6) is 2.12. The topological polar surface area (TPSA) is 44.5 Å². The van der Waals surface area contributed by atoms with Crippen molar-refractivity contribution in [3.8, 4) is 17.2 Å². The number of hydrogen-bond donors (Lipinski definition) is 1. The minimum Gasteiger partial charge on any atom is -0.493 e. The van der Waals surface area contributed by atoms with E-state index in [4.69, 9.17) is 15.2 Å². The van der Waals surface area contributed by atoms with Crippen LogP contribution in [-0.2, 0) is 6.54 Å². The van der Waals surface area contributed by atoms with E-state index in [1.54, 1.807) is 7.11 Å². The molecule has 4 heteroatoms. The van der Waals surface area contributed by atoms with Crippen LogP contribution in [0.25, 0.3) is 0 Å². The first-order valence-electron chi connectivity index (χ1n) is 5.54. The van der Waals surface area contributed by atoms with Gasteiger partial charge in [-0.2, -0.15) is 0 Å². The number of halogens is 1. The summed E-state index contributed by atoms with van der Waals surface area (Å²) in [6.45, 7) is 0.421. The Balaban J connectivity index is 2.33. The van der Waals surface area contributed by atoms with Crippen molar-refractivity contribution in [2.75, 3.05) is 7.11 Å². The first-order valence-corrected chi connectivity index (χ1v) is 6.33. The summed E-state index contributed by atoms with van der Waals surface area (Å²) in [4.78, 5) is 0. The second-order valence-corrected chi connectivity index (χ2v) is 4.62. The summed E-state index contributed by atoms with van der Waals surface area (Å²) in [5.41, 5.74) is 6.65. The molecule has 0 aliphatic heterocycles. The number of para-hydroxylation sites is 2. The number of benzene rings is 2. The van der Waals surface area contributed by atoms with E-state index in [-0.39, 0.29) is 0 Å². The standard InChI is InChI=1S/C14H14BrNO2/c1-17-13-4-2-3-5-14(13)18-12-7-6-11(15)8-10(12)9-16/h2-8H,9,16H2,1H3. The van der Waals surface area contributed by atoms with Crippen molar-refractivity contribution < 1.29 is 9.47 Å². The van der Waals surface area contributed by atoms with E-state index in [9.17, 15) is 0 Å². The van der Waals surface area contributed by atoms with Gasteiger partial charge in [0.1, 0.15) is 5.75 Å². The van der Waals surface area contributed by atoms with Crippen molar-refractivity contribution in [2.24, 2.45) is 5.73 Å². The van der Waals surface area contributed by atoms with Crippen molar-refractivity contribution in [2.45, 2.75) is 6.54 Å². The molecule has 0 radical (unpaired) electrons. The molecule has 2 rings (SSSR count). The Hall–Kier alpha value is -1.52. The molecule has 2 N–H and O–H groups in total. The van der Waals surface area contributed by atoms with Crippen LogP contribution in [0.1, 0.15) is 5.56 Å². The fraction of sp³-hybridized carbons (Fsp3) is 0.143. The van der Waals surface area contributed by atoms with Crippen molar-refractivity contribution >= 4 is 15.9 Å². The van der Waals surface area contributed by atoms with Crippen molar-refractivity contribution in [3.05, 3.63) is 52.5 Å². The number of methoxy groups -OCH3 is 1. The van der Waals surface area contributed by atoms with E-state index in [0.717, 1.165) is 15.8 Å². The quantitative estimate of drug-likeness (QED) is 0.936. The molecule has 2 aromatic carbocycles. The van der Waals surface area contributed by atoms with Gasteiger partial charge in [0.25, 0.3) is 0 Å². The summed E-state index contributed by atoms with van der Waals surface area (Å²) in [6.07, 6.45) is 0. The smallest absolute Gasteiger partial charge is 0.169 e. The largest absolute Gasteiger partial charge is 0.493 e. The lowest BCUT2D eigenvalue weighted by Gasteiger charge is -2.13. The molecule has 94 valence electrons. The van der Waals surface area contributed by atoms with Gasteiger partial charge in [0.15, 0.2) is 11.5 Å². The summed E-state index contributed by atoms with van der Waals surface area (Å²) < 4.78 is 12.1. The SMILES string of the molecule is COc1ccccc1Oc1ccc(Br)cc1CN. The average Bonchev–Trinajstić information content (AvgIpc) is 2.41. The fourth-order valence-electron chi connectivity index (χ4n) is 1.63. The van der Waals surface area contributed by atoms with Gasteiger partial charge in [0, 0.05) is 16.6 Å². The number of ether oxygens (including phenoxy) is 2. The zero-order valence-electron chi connectivity index (χ0n) is 10.0. The maximum absolute atomic E-state index is 5.85. The van der Waals surface area contributed by atoms with Crippen molar-refractivity contribution in [1.29, 1.82) is 0 Å². The minimum atomic E-state index is 0.421. The number of rotatable bonds is 4. The first-order chi connectivity index (χ1) is 8.74. The van der Waals surface area contributed by atoms with Crippen LogP contribution >= 0.6 is 15.9 Å². The van der Waals surface area contributed by atoms with Crippen molar-refractivity contribution in [3.63, 3.8) is 0 Å². The highest BCUT2D eigenvalue weighted by Crippen LogP contribution is 2.33. The van der Waals surface area contributed by atoms with Gasteiger partial charge in [-0.15, -0.1) is 0 Å². The van der Waals surface area contributed by atoms with Crippen LogP contribution in [0.2, 0.25) is 0 Å². The van der Waals surface area contributed by atoms with Crippen LogP contribution in [0, 0.1) is 0 Å². The normalized spacial score (nSPS) is 10.2. The third-order valence-corrected chi connectivity index (χ3v) is 3.02. The Labute approximate surface area is 115 Å². The van der Waals surface area contributed by atoms with E-state index >= 15 is 0 Å². The Morgan fingerprint density at radius 1 is 1.06 bits per heavy atom. The van der Waals surface area contributed by atoms with Crippen molar-refractivity contribution in [1.82, 2.24) is 0 Å². The number of nitrogens with two attached hydrogens (primary N) is 1. The van der Waals surface area contributed by atoms with E-state index < -0.39 is 0 Å². The lowest BCUT2D eigenvalue weighted by molar-refractivity contribution is 0.377. The van der Waals surface area contributed by atoms with Gasteiger partial charge >= 0.3 is 0 Å². The Kier molecular flexibility index (Phi) is 4.23. The molecule has 0 atom stereocenters. The van der Waals surface area contributed by atoms with Crippen LogP contribution in [-0.4, -0.2) is 7.11 Å². The molecule has 0 saturated carbocycles. The molecule has 2 aromatic rings. The highest BCUT2D eigenvalue weighted by Gasteiger charge is 2.08. The summed E-state index contributed by atoms with van der Waals surface area (Å²) >= 11 is 3.41. The third kappa shape index (κ3) is 2.83. The molecule has 0 aliphatic carbocycles. The van der Waals surface area contributed by atoms with Gasteiger partial charge in [0.2, 0.25) is 0 Å². The first kappa shape index (κ1) is 12.9. The molecule has 18 heavy (non-hydrogen) atoms. The maximum atomic E-state index is 5.85. The Bertz CT molecular complexity index is 543. The van der Waals surface area contributed by atoms with Gasteiger partial charge in [-0.05, 0) is 30.3 Å². The third-order valence-electron chi connectivity index (χ3n) is 2.53. The second kappa shape index (κ2) is 5.89. The zero-order valence-corrected chi connectivity index (χ0v) is 11.6. The minimum absolute atomic E-state index is 0.421. The highest BCUT2D eigenvalue weighted by molar-refractivity contribution is 9.10. The average molecular weight is 308 g/mol. The molecule has 0 aromatic heterocycles. The van der Waals surface area contributed by atoms with Gasteiger partial charge < -0.3 is 15.2 Å². The molecule has 3 nitrogen and oxygen atoms in total. The van der Waals surface area contributed by atoms with Crippen LogP contribution in [0.4, 0.5) is 0 Å². The summed E-state index contributed by atoms with van der Waals surface area (Å²) in [5, 5.41) is 0. The summed E-state index contributed by atoms with van der Waals surface area (Å²) in [7, 11) is 1.62. The highest BCUT2D eigenvalue weighted by atomic mass is 79.9. The fourth-order valence-corrected chi connectivity index (χ4v) is 2.04. The monoisotopic (exact) mass is 307 g/mol. The second-order valence-electron chi connectivity index (χ2n) is 3.71. The molecular formula is C14H14BrNO2. The molecule has 0 saturated heterocycles. The van der Waals surface area contributed by atoms with Crippen LogP contribution < -0.4 is 15.2 Å². The predicted molar refractivity (Wildman–Crippen MR) is 75.1 cm³/mol. The lowest BCUT2D eigenvalue weighted by Crippen LogP contribution is -2.00. The lowest BCUT2D eigenvalue weighted by atomic mass is 10.2. The van der Waals surface area contributed by atoms with Gasteiger partial charge in [-0.25, -0.2) is 0 Å². The van der Waals surface area contributed by atoms with Crippen LogP contribution in [0.3, 0.4) is 0 Å².